The minimum Gasteiger partial charge on any atom is -0.424 e. The van der Waals surface area contributed by atoms with Gasteiger partial charge in [0, 0.05) is 13.0 Å². The Bertz CT molecular complexity index is 1280. The Hall–Kier alpha value is -4.07. The van der Waals surface area contributed by atoms with Crippen LogP contribution in [0.1, 0.15) is 17.8 Å². The van der Waals surface area contributed by atoms with E-state index in [4.69, 9.17) is 4.74 Å². The van der Waals surface area contributed by atoms with Gasteiger partial charge in [-0.05, 0) is 38.1 Å². The standard InChI is InChI=1S/C23H21N5O3/c1-15-21(16(2)26-23(25-15)31-17-8-4-3-5-9-17)27-20(29)12-13-28-14-24-19-11-7-6-10-18(19)22(28)30/h3-11,14H,12-13H2,1-2H3,(H,27,29). The number of aryl methyl sites for hydroxylation is 3. The van der Waals surface area contributed by atoms with Crippen LogP contribution in [0.25, 0.3) is 10.9 Å². The van der Waals surface area contributed by atoms with E-state index in [9.17, 15) is 9.59 Å². The molecule has 8 nitrogen and oxygen atoms in total. The van der Waals surface area contributed by atoms with E-state index in [2.05, 4.69) is 20.3 Å². The van der Waals surface area contributed by atoms with E-state index in [1.165, 1.54) is 10.9 Å². The molecule has 2 aromatic carbocycles. The van der Waals surface area contributed by atoms with Crippen LogP contribution in [0.2, 0.25) is 0 Å². The maximum atomic E-state index is 12.6. The Morgan fingerprint density at radius 3 is 2.42 bits per heavy atom. The third-order valence-corrected chi connectivity index (χ3v) is 4.78. The molecule has 0 unspecified atom stereocenters. The van der Waals surface area contributed by atoms with Gasteiger partial charge in [0.1, 0.15) is 5.75 Å². The number of nitrogens with one attached hydrogen (secondary N) is 1. The minimum absolute atomic E-state index is 0.112. The summed E-state index contributed by atoms with van der Waals surface area (Å²) in [6.45, 7) is 3.77. The highest BCUT2D eigenvalue weighted by Crippen LogP contribution is 2.23. The SMILES string of the molecule is Cc1nc(Oc2ccccc2)nc(C)c1NC(=O)CCn1cnc2ccccc2c1=O. The Labute approximate surface area is 178 Å². The highest BCUT2D eigenvalue weighted by Gasteiger charge is 2.13. The van der Waals surface area contributed by atoms with E-state index in [1.807, 2.05) is 36.4 Å². The van der Waals surface area contributed by atoms with Gasteiger partial charge in [-0.15, -0.1) is 0 Å². The highest BCUT2D eigenvalue weighted by molar-refractivity contribution is 5.91. The summed E-state index contributed by atoms with van der Waals surface area (Å²) in [5.41, 5.74) is 2.19. The largest absolute Gasteiger partial charge is 0.424 e. The van der Waals surface area contributed by atoms with E-state index in [0.29, 0.717) is 33.7 Å². The monoisotopic (exact) mass is 415 g/mol. The molecule has 0 fully saturated rings. The average Bonchev–Trinajstić information content (AvgIpc) is 2.77. The maximum Gasteiger partial charge on any atom is 0.322 e. The molecule has 0 bridgehead atoms. The fourth-order valence-electron chi connectivity index (χ4n) is 3.20. The molecule has 156 valence electrons. The summed E-state index contributed by atoms with van der Waals surface area (Å²) in [6.07, 6.45) is 1.58. The number of anilines is 1. The molecule has 4 rings (SSSR count). The molecule has 0 aliphatic heterocycles. The lowest BCUT2D eigenvalue weighted by atomic mass is 10.2. The molecule has 0 saturated heterocycles. The lowest BCUT2D eigenvalue weighted by molar-refractivity contribution is -0.116. The molecule has 2 aromatic heterocycles. The molecule has 0 spiro atoms. The number of hydrogen-bond acceptors (Lipinski definition) is 6. The van der Waals surface area contributed by atoms with Crippen LogP contribution in [0.15, 0.2) is 65.7 Å². The molecule has 4 aromatic rings. The molecule has 1 N–H and O–H groups in total. The number of rotatable bonds is 6. The van der Waals surface area contributed by atoms with Gasteiger partial charge in [0.15, 0.2) is 0 Å². The van der Waals surface area contributed by atoms with Crippen LogP contribution in [0.4, 0.5) is 5.69 Å². The minimum atomic E-state index is -0.244. The summed E-state index contributed by atoms with van der Waals surface area (Å²) >= 11 is 0. The number of benzene rings is 2. The number of nitrogens with zero attached hydrogens (tertiary/aromatic N) is 4. The number of aromatic nitrogens is 4. The van der Waals surface area contributed by atoms with Gasteiger partial charge < -0.3 is 10.1 Å². The van der Waals surface area contributed by atoms with E-state index < -0.39 is 0 Å². The van der Waals surface area contributed by atoms with Crippen LogP contribution in [0, 0.1) is 13.8 Å². The van der Waals surface area contributed by atoms with Gasteiger partial charge in [-0.3, -0.25) is 14.2 Å². The third kappa shape index (κ3) is 4.58. The molecular weight excluding hydrogens is 394 g/mol. The fourth-order valence-corrected chi connectivity index (χ4v) is 3.20. The third-order valence-electron chi connectivity index (χ3n) is 4.78. The molecule has 2 heterocycles. The normalized spacial score (nSPS) is 10.8. The number of carbonyl (C=O) groups excluding carboxylic acids is 1. The number of carbonyl (C=O) groups is 1. The van der Waals surface area contributed by atoms with Crippen molar-refractivity contribution in [3.63, 3.8) is 0 Å². The topological polar surface area (TPSA) is 99.0 Å². The van der Waals surface area contributed by atoms with E-state index >= 15 is 0 Å². The number of hydrogen-bond donors (Lipinski definition) is 1. The van der Waals surface area contributed by atoms with Gasteiger partial charge in [0.05, 0.1) is 34.3 Å². The summed E-state index contributed by atoms with van der Waals surface area (Å²) in [5, 5.41) is 3.37. The zero-order valence-electron chi connectivity index (χ0n) is 17.2. The van der Waals surface area contributed by atoms with Crippen LogP contribution >= 0.6 is 0 Å². The molecule has 0 atom stereocenters. The summed E-state index contributed by atoms with van der Waals surface area (Å²) in [6, 6.07) is 16.6. The predicted molar refractivity (Wildman–Crippen MR) is 117 cm³/mol. The van der Waals surface area contributed by atoms with Crippen molar-refractivity contribution >= 4 is 22.5 Å². The second kappa shape index (κ2) is 8.74. The van der Waals surface area contributed by atoms with Crippen molar-refractivity contribution in [2.45, 2.75) is 26.8 Å². The second-order valence-electron chi connectivity index (χ2n) is 7.03. The lowest BCUT2D eigenvalue weighted by Gasteiger charge is -2.13. The van der Waals surface area contributed by atoms with Crippen molar-refractivity contribution in [2.75, 3.05) is 5.32 Å². The van der Waals surface area contributed by atoms with Crippen molar-refractivity contribution in [2.24, 2.45) is 0 Å². The second-order valence-corrected chi connectivity index (χ2v) is 7.03. The smallest absolute Gasteiger partial charge is 0.322 e. The van der Waals surface area contributed by atoms with Crippen LogP contribution in [-0.2, 0) is 11.3 Å². The molecule has 0 aliphatic rings. The molecular formula is C23H21N5O3. The van der Waals surface area contributed by atoms with E-state index in [0.717, 1.165) is 0 Å². The molecule has 31 heavy (non-hydrogen) atoms. The van der Waals surface area contributed by atoms with Gasteiger partial charge in [0.25, 0.3) is 5.56 Å². The Morgan fingerprint density at radius 1 is 1.00 bits per heavy atom. The van der Waals surface area contributed by atoms with E-state index in [-0.39, 0.29) is 30.4 Å². The van der Waals surface area contributed by atoms with Gasteiger partial charge in [-0.1, -0.05) is 30.3 Å². The van der Waals surface area contributed by atoms with Crippen molar-refractivity contribution in [3.8, 4) is 11.8 Å². The lowest BCUT2D eigenvalue weighted by Crippen LogP contribution is -2.24. The zero-order valence-corrected chi connectivity index (χ0v) is 17.2. The summed E-state index contributed by atoms with van der Waals surface area (Å²) in [7, 11) is 0. The predicted octanol–water partition coefficient (Wildman–Crippen LogP) is 3.62. The summed E-state index contributed by atoms with van der Waals surface area (Å²) in [5.74, 6) is 0.388. The summed E-state index contributed by atoms with van der Waals surface area (Å²) < 4.78 is 7.11. The van der Waals surface area contributed by atoms with Crippen LogP contribution in [0.5, 0.6) is 11.8 Å². The average molecular weight is 415 g/mol. The summed E-state index contributed by atoms with van der Waals surface area (Å²) in [4.78, 5) is 38.0. The van der Waals surface area contributed by atoms with Gasteiger partial charge >= 0.3 is 6.01 Å². The Kier molecular flexibility index (Phi) is 5.70. The highest BCUT2D eigenvalue weighted by atomic mass is 16.5. The molecule has 0 radical (unpaired) electrons. The molecule has 0 saturated carbocycles. The quantitative estimate of drug-likeness (QED) is 0.516. The van der Waals surface area contributed by atoms with Crippen molar-refractivity contribution in [1.29, 1.82) is 0 Å². The van der Waals surface area contributed by atoms with Crippen LogP contribution < -0.4 is 15.6 Å². The Morgan fingerprint density at radius 2 is 1.68 bits per heavy atom. The number of amides is 1. The van der Waals surface area contributed by atoms with Crippen molar-refractivity contribution in [3.05, 3.63) is 82.7 Å². The molecule has 0 aliphatic carbocycles. The fraction of sp³-hybridized carbons (Fsp3) is 0.174. The maximum absolute atomic E-state index is 12.6. The van der Waals surface area contributed by atoms with Crippen molar-refractivity contribution < 1.29 is 9.53 Å². The number of para-hydroxylation sites is 2. The van der Waals surface area contributed by atoms with Gasteiger partial charge in [-0.25, -0.2) is 4.98 Å². The molecule has 1 amide bonds. The molecule has 8 heteroatoms. The first-order valence-electron chi connectivity index (χ1n) is 9.83. The van der Waals surface area contributed by atoms with Gasteiger partial charge in [0.2, 0.25) is 5.91 Å². The zero-order chi connectivity index (χ0) is 21.8. The van der Waals surface area contributed by atoms with Crippen LogP contribution in [-0.4, -0.2) is 25.4 Å². The Balaban J connectivity index is 1.44. The first-order valence-corrected chi connectivity index (χ1v) is 9.83. The number of fused-ring (bicyclic) bond motifs is 1. The van der Waals surface area contributed by atoms with Gasteiger partial charge in [-0.2, -0.15) is 9.97 Å². The van der Waals surface area contributed by atoms with E-state index in [1.54, 1.807) is 32.0 Å². The first kappa shape index (κ1) is 20.2. The number of ether oxygens (including phenoxy) is 1. The first-order chi connectivity index (χ1) is 15.0. The van der Waals surface area contributed by atoms with Crippen LogP contribution in [0.3, 0.4) is 0 Å². The van der Waals surface area contributed by atoms with Crippen molar-refractivity contribution in [1.82, 2.24) is 19.5 Å².